The van der Waals surface area contributed by atoms with E-state index in [-0.39, 0.29) is 11.8 Å². The van der Waals surface area contributed by atoms with Crippen LogP contribution in [0, 0.1) is 0 Å². The molecule has 0 atom stereocenters. The lowest BCUT2D eigenvalue weighted by molar-refractivity contribution is -0.122. The number of amides is 2. The number of aliphatic imine (C=N–C) groups is 1. The van der Waals surface area contributed by atoms with Crippen molar-refractivity contribution in [3.05, 3.63) is 41.5 Å². The highest BCUT2D eigenvalue weighted by Crippen LogP contribution is 2.43. The Kier molecular flexibility index (Phi) is 4.59. The molecule has 168 valence electrons. The Morgan fingerprint density at radius 2 is 2.00 bits per heavy atom. The summed E-state index contributed by atoms with van der Waals surface area (Å²) in [6.45, 7) is 6.48. The maximum Gasteiger partial charge on any atom is 0.278 e. The van der Waals surface area contributed by atoms with Crippen LogP contribution in [0.1, 0.15) is 36.7 Å². The van der Waals surface area contributed by atoms with E-state index in [1.807, 2.05) is 58.0 Å². The van der Waals surface area contributed by atoms with Gasteiger partial charge in [0.05, 0.1) is 34.0 Å². The topological polar surface area (TPSA) is 110 Å². The summed E-state index contributed by atoms with van der Waals surface area (Å²) in [5, 5.41) is 8.23. The SMILES string of the molecule is CCN1C(=O)C(C)(C)c2cc3nc(-c4n[nH]c5ccc(C(=O)/N=C/N(C)C)cc45)[nH]c3cc21. The molecule has 2 aromatic carbocycles. The van der Waals surface area contributed by atoms with Crippen molar-refractivity contribution in [2.24, 2.45) is 4.99 Å². The van der Waals surface area contributed by atoms with Crippen LogP contribution in [-0.4, -0.2) is 63.9 Å². The number of hydrogen-bond donors (Lipinski definition) is 2. The number of nitrogens with one attached hydrogen (secondary N) is 2. The van der Waals surface area contributed by atoms with Gasteiger partial charge in [0.2, 0.25) is 5.91 Å². The molecule has 1 aliphatic heterocycles. The van der Waals surface area contributed by atoms with Gasteiger partial charge in [-0.25, -0.2) is 4.98 Å². The molecule has 0 spiro atoms. The van der Waals surface area contributed by atoms with Crippen molar-refractivity contribution >= 4 is 45.8 Å². The average Bonchev–Trinajstić information content (AvgIpc) is 3.43. The Balaban J connectivity index is 1.60. The van der Waals surface area contributed by atoms with Crippen LogP contribution in [0.4, 0.5) is 5.69 Å². The van der Waals surface area contributed by atoms with Crippen LogP contribution < -0.4 is 4.90 Å². The molecule has 0 saturated heterocycles. The highest BCUT2D eigenvalue weighted by molar-refractivity contribution is 6.09. The molecule has 0 aliphatic carbocycles. The number of nitrogens with zero attached hydrogens (tertiary/aromatic N) is 5. The number of anilines is 1. The van der Waals surface area contributed by atoms with Gasteiger partial charge in [-0.2, -0.15) is 10.1 Å². The van der Waals surface area contributed by atoms with Gasteiger partial charge in [-0.05, 0) is 56.7 Å². The van der Waals surface area contributed by atoms with E-state index in [0.29, 0.717) is 23.6 Å². The smallest absolute Gasteiger partial charge is 0.278 e. The van der Waals surface area contributed by atoms with Crippen molar-refractivity contribution in [3.8, 4) is 11.5 Å². The molecule has 0 fully saturated rings. The maximum atomic E-state index is 12.8. The second kappa shape index (κ2) is 7.26. The molecule has 4 aromatic rings. The zero-order chi connectivity index (χ0) is 23.5. The molecule has 2 N–H and O–H groups in total. The van der Waals surface area contributed by atoms with E-state index in [4.69, 9.17) is 4.98 Å². The molecular formula is C24H25N7O2. The number of aromatic nitrogens is 4. The van der Waals surface area contributed by atoms with E-state index in [9.17, 15) is 9.59 Å². The van der Waals surface area contributed by atoms with E-state index in [1.54, 1.807) is 17.0 Å². The summed E-state index contributed by atoms with van der Waals surface area (Å²) in [5.74, 6) is 0.360. The van der Waals surface area contributed by atoms with Gasteiger partial charge in [0.15, 0.2) is 5.82 Å². The molecule has 0 bridgehead atoms. The van der Waals surface area contributed by atoms with Crippen LogP contribution in [0.3, 0.4) is 0 Å². The van der Waals surface area contributed by atoms with Gasteiger partial charge in [-0.3, -0.25) is 14.7 Å². The fourth-order valence-electron chi connectivity index (χ4n) is 4.33. The Labute approximate surface area is 190 Å². The Bertz CT molecular complexity index is 1460. The summed E-state index contributed by atoms with van der Waals surface area (Å²) in [5.41, 5.74) is 4.76. The van der Waals surface area contributed by atoms with Crippen LogP contribution >= 0.6 is 0 Å². The number of H-pyrrole nitrogens is 2. The molecule has 0 radical (unpaired) electrons. The molecule has 3 heterocycles. The van der Waals surface area contributed by atoms with Crippen molar-refractivity contribution in [2.75, 3.05) is 25.5 Å². The summed E-state index contributed by atoms with van der Waals surface area (Å²) in [4.78, 5) is 40.9. The zero-order valence-corrected chi connectivity index (χ0v) is 19.2. The minimum atomic E-state index is -0.597. The van der Waals surface area contributed by atoms with E-state index >= 15 is 0 Å². The number of rotatable bonds is 4. The molecule has 9 nitrogen and oxygen atoms in total. The molecule has 0 saturated carbocycles. The van der Waals surface area contributed by atoms with E-state index in [2.05, 4.69) is 20.2 Å². The third kappa shape index (κ3) is 3.19. The minimum Gasteiger partial charge on any atom is -0.369 e. The number of benzene rings is 2. The monoisotopic (exact) mass is 443 g/mol. The van der Waals surface area contributed by atoms with Crippen LogP contribution in [-0.2, 0) is 10.2 Å². The average molecular weight is 444 g/mol. The predicted molar refractivity (Wildman–Crippen MR) is 129 cm³/mol. The molecule has 5 rings (SSSR count). The summed E-state index contributed by atoms with van der Waals surface area (Å²) < 4.78 is 0. The Hall–Kier alpha value is -4.01. The lowest BCUT2D eigenvalue weighted by Crippen LogP contribution is -2.35. The highest BCUT2D eigenvalue weighted by Gasteiger charge is 2.43. The quantitative estimate of drug-likeness (QED) is 0.371. The molecule has 2 amide bonds. The number of imidazole rings is 1. The third-order valence-electron chi connectivity index (χ3n) is 6.10. The number of hydrogen-bond acceptors (Lipinski definition) is 4. The molecule has 33 heavy (non-hydrogen) atoms. The summed E-state index contributed by atoms with van der Waals surface area (Å²) in [6, 6.07) is 9.28. The van der Waals surface area contributed by atoms with E-state index in [0.717, 1.165) is 33.2 Å². The number of fused-ring (bicyclic) bond motifs is 3. The first-order valence-electron chi connectivity index (χ1n) is 10.8. The molecule has 0 unspecified atom stereocenters. The fourth-order valence-corrected chi connectivity index (χ4v) is 4.33. The number of carbonyl (C=O) groups is 2. The first-order valence-corrected chi connectivity index (χ1v) is 10.8. The van der Waals surface area contributed by atoms with E-state index in [1.165, 1.54) is 6.34 Å². The molecule has 2 aromatic heterocycles. The summed E-state index contributed by atoms with van der Waals surface area (Å²) in [7, 11) is 3.62. The maximum absolute atomic E-state index is 12.8. The standard InChI is InChI=1S/C24H25N7O2/c1-6-31-19-11-18-17(10-15(19)24(2,3)23(31)33)26-21(27-18)20-14-9-13(7-8-16(14)28-29-20)22(32)25-12-30(4)5/h7-12H,6H2,1-5H3,(H,26,27)(H,28,29)/b25-12+. The van der Waals surface area contributed by atoms with Gasteiger partial charge in [-0.15, -0.1) is 0 Å². The largest absolute Gasteiger partial charge is 0.369 e. The highest BCUT2D eigenvalue weighted by atomic mass is 16.2. The summed E-state index contributed by atoms with van der Waals surface area (Å²) >= 11 is 0. The third-order valence-corrected chi connectivity index (χ3v) is 6.10. The van der Waals surface area contributed by atoms with Gasteiger partial charge >= 0.3 is 0 Å². The lowest BCUT2D eigenvalue weighted by Gasteiger charge is -2.18. The van der Waals surface area contributed by atoms with Crippen molar-refractivity contribution < 1.29 is 9.59 Å². The van der Waals surface area contributed by atoms with Crippen LogP contribution in [0.25, 0.3) is 33.5 Å². The predicted octanol–water partition coefficient (Wildman–Crippen LogP) is 3.48. The number of likely N-dealkylation sites (N-methyl/N-ethyl adjacent to an activating group) is 1. The van der Waals surface area contributed by atoms with Gasteiger partial charge in [0, 0.05) is 31.6 Å². The Morgan fingerprint density at radius 1 is 1.21 bits per heavy atom. The van der Waals surface area contributed by atoms with Gasteiger partial charge < -0.3 is 14.8 Å². The van der Waals surface area contributed by atoms with Crippen molar-refractivity contribution in [3.63, 3.8) is 0 Å². The Morgan fingerprint density at radius 3 is 2.73 bits per heavy atom. The first-order chi connectivity index (χ1) is 15.7. The van der Waals surface area contributed by atoms with Crippen molar-refractivity contribution in [1.29, 1.82) is 0 Å². The van der Waals surface area contributed by atoms with Crippen LogP contribution in [0.5, 0.6) is 0 Å². The molecular weight excluding hydrogens is 418 g/mol. The lowest BCUT2D eigenvalue weighted by atomic mass is 9.86. The van der Waals surface area contributed by atoms with Crippen LogP contribution in [0.15, 0.2) is 35.3 Å². The second-order valence-electron chi connectivity index (χ2n) is 8.99. The second-order valence-corrected chi connectivity index (χ2v) is 8.99. The zero-order valence-electron chi connectivity index (χ0n) is 19.2. The first kappa shape index (κ1) is 20.9. The van der Waals surface area contributed by atoms with Gasteiger partial charge in [-0.1, -0.05) is 0 Å². The van der Waals surface area contributed by atoms with Gasteiger partial charge in [0.25, 0.3) is 5.91 Å². The number of aromatic amines is 2. The normalized spacial score (nSPS) is 15.2. The fraction of sp³-hybridized carbons (Fsp3) is 0.292. The summed E-state index contributed by atoms with van der Waals surface area (Å²) in [6.07, 6.45) is 1.48. The van der Waals surface area contributed by atoms with Crippen molar-refractivity contribution in [2.45, 2.75) is 26.2 Å². The van der Waals surface area contributed by atoms with E-state index < -0.39 is 5.41 Å². The molecule has 9 heteroatoms. The number of carbonyl (C=O) groups excluding carboxylic acids is 2. The molecule has 1 aliphatic rings. The van der Waals surface area contributed by atoms with Crippen LogP contribution in [0.2, 0.25) is 0 Å². The van der Waals surface area contributed by atoms with Gasteiger partial charge in [0.1, 0.15) is 5.69 Å². The van der Waals surface area contributed by atoms with Crippen molar-refractivity contribution in [1.82, 2.24) is 25.1 Å². The minimum absolute atomic E-state index is 0.0975.